The molecule has 0 heterocycles. The Hall–Kier alpha value is -2.37. The first-order valence-electron chi connectivity index (χ1n) is 29.5. The van der Waals surface area contributed by atoms with Crippen LogP contribution in [-0.4, -0.2) is 37.2 Å². The Labute approximate surface area is 416 Å². The number of rotatable bonds is 54. The van der Waals surface area contributed by atoms with Gasteiger partial charge in [-0.15, -0.1) is 0 Å². The van der Waals surface area contributed by atoms with E-state index >= 15 is 0 Å². The SMILES string of the molecule is CCCCCCC/C=C\C/C=C\CCCCCCCCCCCCCCCC(=O)OCC(COC(=O)CCCCCCCCC)OC(=O)CCCCCCCCC/C=C\CCCCCCCC. The zero-order valence-corrected chi connectivity index (χ0v) is 44.9. The summed E-state index contributed by atoms with van der Waals surface area (Å²) in [6, 6.07) is 0. The van der Waals surface area contributed by atoms with Crippen LogP contribution < -0.4 is 0 Å². The Kier molecular flexibility index (Phi) is 54.2. The molecular weight excluding hydrogens is 829 g/mol. The van der Waals surface area contributed by atoms with E-state index in [-0.39, 0.29) is 31.1 Å². The van der Waals surface area contributed by atoms with Crippen LogP contribution in [0, 0.1) is 0 Å². The van der Waals surface area contributed by atoms with Crippen LogP contribution in [0.4, 0.5) is 0 Å². The van der Waals surface area contributed by atoms with Crippen molar-refractivity contribution in [3.05, 3.63) is 36.5 Å². The highest BCUT2D eigenvalue weighted by Gasteiger charge is 2.19. The first kappa shape index (κ1) is 64.6. The Balaban J connectivity index is 4.12. The van der Waals surface area contributed by atoms with E-state index in [2.05, 4.69) is 57.2 Å². The average Bonchev–Trinajstić information content (AvgIpc) is 3.33. The predicted octanol–water partition coefficient (Wildman–Crippen LogP) is 19.7. The van der Waals surface area contributed by atoms with Crippen molar-refractivity contribution in [1.29, 1.82) is 0 Å². The molecule has 1 unspecified atom stereocenters. The maximum Gasteiger partial charge on any atom is 0.306 e. The van der Waals surface area contributed by atoms with Crippen LogP contribution in [0.1, 0.15) is 316 Å². The summed E-state index contributed by atoms with van der Waals surface area (Å²) in [4.78, 5) is 37.9. The minimum absolute atomic E-state index is 0.0711. The van der Waals surface area contributed by atoms with Crippen LogP contribution in [0.25, 0.3) is 0 Å². The van der Waals surface area contributed by atoms with E-state index in [0.29, 0.717) is 19.3 Å². The molecule has 392 valence electrons. The van der Waals surface area contributed by atoms with Gasteiger partial charge in [0.25, 0.3) is 0 Å². The molecule has 0 aliphatic rings. The lowest BCUT2D eigenvalue weighted by molar-refractivity contribution is -0.167. The molecule has 0 rings (SSSR count). The summed E-state index contributed by atoms with van der Waals surface area (Å²) in [6.45, 7) is 6.61. The number of esters is 3. The average molecular weight is 942 g/mol. The van der Waals surface area contributed by atoms with Gasteiger partial charge in [-0.2, -0.15) is 0 Å². The molecule has 0 aromatic heterocycles. The summed E-state index contributed by atoms with van der Waals surface area (Å²) in [6.07, 6.45) is 67.3. The van der Waals surface area contributed by atoms with Crippen LogP contribution in [0.5, 0.6) is 0 Å². The van der Waals surface area contributed by atoms with E-state index in [4.69, 9.17) is 14.2 Å². The van der Waals surface area contributed by atoms with Crippen LogP contribution in [0.2, 0.25) is 0 Å². The summed E-state index contributed by atoms with van der Waals surface area (Å²) in [7, 11) is 0. The second-order valence-electron chi connectivity index (χ2n) is 19.9. The number of hydrogen-bond donors (Lipinski definition) is 0. The van der Waals surface area contributed by atoms with Crippen molar-refractivity contribution in [1.82, 2.24) is 0 Å². The number of carbonyl (C=O) groups is 3. The van der Waals surface area contributed by atoms with Gasteiger partial charge in [-0.05, 0) is 77.0 Å². The summed E-state index contributed by atoms with van der Waals surface area (Å²) >= 11 is 0. The molecule has 0 fully saturated rings. The highest BCUT2D eigenvalue weighted by Crippen LogP contribution is 2.16. The molecule has 0 aliphatic carbocycles. The van der Waals surface area contributed by atoms with Crippen LogP contribution >= 0.6 is 0 Å². The van der Waals surface area contributed by atoms with Gasteiger partial charge in [0.15, 0.2) is 6.10 Å². The zero-order chi connectivity index (χ0) is 48.6. The van der Waals surface area contributed by atoms with Crippen molar-refractivity contribution < 1.29 is 28.6 Å². The second kappa shape index (κ2) is 56.2. The second-order valence-corrected chi connectivity index (χ2v) is 19.9. The maximum atomic E-state index is 12.8. The van der Waals surface area contributed by atoms with E-state index in [0.717, 1.165) is 64.2 Å². The van der Waals surface area contributed by atoms with Gasteiger partial charge in [-0.3, -0.25) is 14.4 Å². The first-order chi connectivity index (χ1) is 33.0. The number of hydrogen-bond acceptors (Lipinski definition) is 6. The van der Waals surface area contributed by atoms with Gasteiger partial charge in [0.05, 0.1) is 0 Å². The third kappa shape index (κ3) is 54.4. The highest BCUT2D eigenvalue weighted by atomic mass is 16.6. The fourth-order valence-corrected chi connectivity index (χ4v) is 8.65. The smallest absolute Gasteiger partial charge is 0.306 e. The van der Waals surface area contributed by atoms with Crippen molar-refractivity contribution in [3.8, 4) is 0 Å². The van der Waals surface area contributed by atoms with Crippen LogP contribution in [0.15, 0.2) is 36.5 Å². The van der Waals surface area contributed by atoms with Crippen molar-refractivity contribution in [2.24, 2.45) is 0 Å². The van der Waals surface area contributed by atoms with Gasteiger partial charge in [0.2, 0.25) is 0 Å². The van der Waals surface area contributed by atoms with Crippen molar-refractivity contribution in [2.75, 3.05) is 13.2 Å². The van der Waals surface area contributed by atoms with Gasteiger partial charge >= 0.3 is 17.9 Å². The van der Waals surface area contributed by atoms with Crippen molar-refractivity contribution >= 4 is 17.9 Å². The molecular formula is C61H112O6. The van der Waals surface area contributed by atoms with Gasteiger partial charge < -0.3 is 14.2 Å². The number of allylic oxidation sites excluding steroid dienone is 6. The molecule has 1 atom stereocenters. The summed E-state index contributed by atoms with van der Waals surface area (Å²) < 4.78 is 16.8. The van der Waals surface area contributed by atoms with Gasteiger partial charge in [0.1, 0.15) is 13.2 Å². The Morgan fingerprint density at radius 2 is 0.537 bits per heavy atom. The fraction of sp³-hybridized carbons (Fsp3) is 0.852. The molecule has 0 amide bonds. The first-order valence-corrected chi connectivity index (χ1v) is 29.5. The quantitative estimate of drug-likeness (QED) is 0.0262. The molecule has 0 aromatic rings. The topological polar surface area (TPSA) is 78.9 Å². The minimum Gasteiger partial charge on any atom is -0.462 e. The fourth-order valence-electron chi connectivity index (χ4n) is 8.65. The lowest BCUT2D eigenvalue weighted by Gasteiger charge is -2.18. The largest absolute Gasteiger partial charge is 0.462 e. The van der Waals surface area contributed by atoms with E-state index in [1.807, 2.05) is 0 Å². The zero-order valence-electron chi connectivity index (χ0n) is 44.9. The molecule has 0 radical (unpaired) electrons. The molecule has 0 aromatic carbocycles. The van der Waals surface area contributed by atoms with E-state index in [9.17, 15) is 14.4 Å². The summed E-state index contributed by atoms with van der Waals surface area (Å²) in [5.41, 5.74) is 0. The third-order valence-electron chi connectivity index (χ3n) is 13.1. The van der Waals surface area contributed by atoms with E-state index < -0.39 is 6.10 Å². The van der Waals surface area contributed by atoms with Gasteiger partial charge in [-0.1, -0.05) is 256 Å². The lowest BCUT2D eigenvalue weighted by Crippen LogP contribution is -2.30. The van der Waals surface area contributed by atoms with E-state index in [1.54, 1.807) is 0 Å². The van der Waals surface area contributed by atoms with Crippen molar-refractivity contribution in [2.45, 2.75) is 322 Å². The van der Waals surface area contributed by atoms with Crippen molar-refractivity contribution in [3.63, 3.8) is 0 Å². The monoisotopic (exact) mass is 941 g/mol. The lowest BCUT2D eigenvalue weighted by atomic mass is 10.0. The Morgan fingerprint density at radius 1 is 0.299 bits per heavy atom. The third-order valence-corrected chi connectivity index (χ3v) is 13.1. The number of unbranched alkanes of at least 4 members (excludes halogenated alkanes) is 37. The van der Waals surface area contributed by atoms with Gasteiger partial charge in [-0.25, -0.2) is 0 Å². The van der Waals surface area contributed by atoms with Crippen LogP contribution in [0.3, 0.4) is 0 Å². The highest BCUT2D eigenvalue weighted by molar-refractivity contribution is 5.71. The molecule has 0 spiro atoms. The molecule has 0 saturated heterocycles. The molecule has 0 saturated carbocycles. The summed E-state index contributed by atoms with van der Waals surface area (Å²) in [5, 5.41) is 0. The number of carbonyl (C=O) groups excluding carboxylic acids is 3. The number of ether oxygens (including phenoxy) is 3. The minimum atomic E-state index is -0.770. The standard InChI is InChI=1S/C61H112O6/c1-4-7-10-13-16-18-20-22-24-26-27-28-29-30-31-32-33-35-36-38-40-42-45-48-51-54-60(63)66-57-58(56-65-59(62)53-50-47-44-15-12-9-6-3)67-61(64)55-52-49-46-43-41-39-37-34-25-23-21-19-17-14-11-8-5-2/h20,22-23,25-27,58H,4-19,21,24,28-57H2,1-3H3/b22-20-,25-23-,27-26-. The van der Waals surface area contributed by atoms with E-state index in [1.165, 1.54) is 212 Å². The van der Waals surface area contributed by atoms with Gasteiger partial charge in [0, 0.05) is 19.3 Å². The normalized spacial score (nSPS) is 12.2. The van der Waals surface area contributed by atoms with Crippen LogP contribution in [-0.2, 0) is 28.6 Å². The molecule has 67 heavy (non-hydrogen) atoms. The molecule has 6 nitrogen and oxygen atoms in total. The predicted molar refractivity (Wildman–Crippen MR) is 289 cm³/mol. The Bertz CT molecular complexity index is 1130. The maximum absolute atomic E-state index is 12.8. The molecule has 6 heteroatoms. The molecule has 0 bridgehead atoms. The molecule has 0 N–H and O–H groups in total. The summed E-state index contributed by atoms with van der Waals surface area (Å²) in [5.74, 6) is -0.868. The molecule has 0 aliphatic heterocycles. The Morgan fingerprint density at radius 3 is 0.836 bits per heavy atom.